The first kappa shape index (κ1) is 14.1. The lowest BCUT2D eigenvalue weighted by Gasteiger charge is -2.18. The van der Waals surface area contributed by atoms with Crippen LogP contribution in [0.4, 0.5) is 0 Å². The first-order valence-electron chi connectivity index (χ1n) is 6.65. The second-order valence-corrected chi connectivity index (χ2v) is 4.48. The average molecular weight is 270 g/mol. The highest BCUT2D eigenvalue weighted by Gasteiger charge is 2.23. The zero-order chi connectivity index (χ0) is 14.4. The van der Waals surface area contributed by atoms with Crippen LogP contribution in [-0.4, -0.2) is 12.6 Å². The lowest BCUT2D eigenvalue weighted by Crippen LogP contribution is -2.21. The standard InChI is InChI=1S/C17H18O3/c1-3-19-17(18)16(14-9-5-4-6-10-14)20-15-11-7-8-13(2)12-15/h4-12,16H,3H2,1-2H3/t16-/m1/s1. The molecule has 2 aromatic carbocycles. The molecule has 0 spiro atoms. The highest BCUT2D eigenvalue weighted by molar-refractivity contribution is 5.77. The molecule has 3 nitrogen and oxygen atoms in total. The van der Waals surface area contributed by atoms with E-state index in [9.17, 15) is 4.79 Å². The fourth-order valence-electron chi connectivity index (χ4n) is 1.92. The Kier molecular flexibility index (Phi) is 4.77. The van der Waals surface area contributed by atoms with Crippen LogP contribution in [0, 0.1) is 6.92 Å². The van der Waals surface area contributed by atoms with Crippen LogP contribution in [0.2, 0.25) is 0 Å². The number of carbonyl (C=O) groups is 1. The quantitative estimate of drug-likeness (QED) is 0.777. The van der Waals surface area contributed by atoms with E-state index in [0.717, 1.165) is 11.1 Å². The van der Waals surface area contributed by atoms with E-state index in [4.69, 9.17) is 9.47 Å². The monoisotopic (exact) mass is 270 g/mol. The minimum Gasteiger partial charge on any atom is -0.474 e. The maximum atomic E-state index is 12.1. The Morgan fingerprint density at radius 1 is 1.10 bits per heavy atom. The molecule has 20 heavy (non-hydrogen) atoms. The van der Waals surface area contributed by atoms with E-state index in [1.165, 1.54) is 0 Å². The molecule has 0 aliphatic heterocycles. The van der Waals surface area contributed by atoms with Crippen LogP contribution < -0.4 is 4.74 Å². The van der Waals surface area contributed by atoms with Gasteiger partial charge in [0.2, 0.25) is 6.10 Å². The van der Waals surface area contributed by atoms with Gasteiger partial charge in [-0.05, 0) is 31.5 Å². The minimum absolute atomic E-state index is 0.333. The molecule has 0 fully saturated rings. The lowest BCUT2D eigenvalue weighted by molar-refractivity contribution is -0.151. The molecule has 104 valence electrons. The van der Waals surface area contributed by atoms with Crippen molar-refractivity contribution in [2.24, 2.45) is 0 Å². The van der Waals surface area contributed by atoms with Crippen LogP contribution in [-0.2, 0) is 9.53 Å². The third kappa shape index (κ3) is 3.60. The number of carbonyl (C=O) groups excluding carboxylic acids is 1. The molecule has 2 aromatic rings. The smallest absolute Gasteiger partial charge is 0.352 e. The Morgan fingerprint density at radius 3 is 2.50 bits per heavy atom. The summed E-state index contributed by atoms with van der Waals surface area (Å²) in [6, 6.07) is 17.0. The summed E-state index contributed by atoms with van der Waals surface area (Å²) in [7, 11) is 0. The largest absolute Gasteiger partial charge is 0.474 e. The molecule has 0 saturated heterocycles. The molecule has 0 aliphatic rings. The van der Waals surface area contributed by atoms with Gasteiger partial charge in [0.05, 0.1) is 6.61 Å². The predicted octanol–water partition coefficient (Wildman–Crippen LogP) is 3.68. The Balaban J connectivity index is 2.25. The summed E-state index contributed by atoms with van der Waals surface area (Å²) in [4.78, 5) is 12.1. The molecule has 3 heteroatoms. The van der Waals surface area contributed by atoms with Crippen molar-refractivity contribution >= 4 is 5.97 Å². The summed E-state index contributed by atoms with van der Waals surface area (Å²) in [5.41, 5.74) is 1.87. The van der Waals surface area contributed by atoms with Crippen molar-refractivity contribution in [3.63, 3.8) is 0 Å². The van der Waals surface area contributed by atoms with Crippen molar-refractivity contribution in [3.8, 4) is 5.75 Å². The molecule has 0 bridgehead atoms. The van der Waals surface area contributed by atoms with E-state index in [1.807, 2.05) is 61.5 Å². The lowest BCUT2D eigenvalue weighted by atomic mass is 10.1. The molecule has 0 amide bonds. The van der Waals surface area contributed by atoms with Gasteiger partial charge in [0.15, 0.2) is 0 Å². The SMILES string of the molecule is CCOC(=O)[C@H](Oc1cccc(C)c1)c1ccccc1. The van der Waals surface area contributed by atoms with Gasteiger partial charge in [-0.2, -0.15) is 0 Å². The average Bonchev–Trinajstić information content (AvgIpc) is 2.46. The van der Waals surface area contributed by atoms with Crippen LogP contribution in [0.5, 0.6) is 5.75 Å². The van der Waals surface area contributed by atoms with Crippen LogP contribution in [0.3, 0.4) is 0 Å². The molecule has 0 N–H and O–H groups in total. The fourth-order valence-corrected chi connectivity index (χ4v) is 1.92. The molecule has 0 aliphatic carbocycles. The summed E-state index contributed by atoms with van der Waals surface area (Å²) >= 11 is 0. The van der Waals surface area contributed by atoms with Crippen LogP contribution >= 0.6 is 0 Å². The van der Waals surface area contributed by atoms with Crippen molar-refractivity contribution in [3.05, 3.63) is 65.7 Å². The molecule has 1 atom stereocenters. The predicted molar refractivity (Wildman–Crippen MR) is 77.6 cm³/mol. The van der Waals surface area contributed by atoms with Crippen LogP contribution in [0.15, 0.2) is 54.6 Å². The summed E-state index contributed by atoms with van der Waals surface area (Å²) in [6.45, 7) is 4.10. The van der Waals surface area contributed by atoms with E-state index < -0.39 is 6.10 Å². The molecular formula is C17H18O3. The summed E-state index contributed by atoms with van der Waals surface area (Å²) in [5, 5.41) is 0. The Hall–Kier alpha value is -2.29. The van der Waals surface area contributed by atoms with E-state index >= 15 is 0 Å². The molecule has 0 saturated carbocycles. The summed E-state index contributed by atoms with van der Waals surface area (Å²) < 4.78 is 10.9. The van der Waals surface area contributed by atoms with Gasteiger partial charge in [-0.25, -0.2) is 4.79 Å². The van der Waals surface area contributed by atoms with Crippen molar-refractivity contribution in [2.45, 2.75) is 20.0 Å². The molecule has 0 unspecified atom stereocenters. The van der Waals surface area contributed by atoms with E-state index in [0.29, 0.717) is 12.4 Å². The van der Waals surface area contributed by atoms with Gasteiger partial charge in [-0.3, -0.25) is 0 Å². The second kappa shape index (κ2) is 6.75. The van der Waals surface area contributed by atoms with Gasteiger partial charge in [-0.1, -0.05) is 42.5 Å². The number of ether oxygens (including phenoxy) is 2. The molecule has 0 radical (unpaired) electrons. The molecule has 0 heterocycles. The number of rotatable bonds is 5. The third-order valence-corrected chi connectivity index (χ3v) is 2.85. The number of esters is 1. The van der Waals surface area contributed by atoms with Crippen molar-refractivity contribution in [1.82, 2.24) is 0 Å². The highest BCUT2D eigenvalue weighted by Crippen LogP contribution is 2.24. The minimum atomic E-state index is -0.738. The third-order valence-electron chi connectivity index (χ3n) is 2.85. The maximum Gasteiger partial charge on any atom is 0.352 e. The summed E-state index contributed by atoms with van der Waals surface area (Å²) in [5.74, 6) is 0.284. The van der Waals surface area contributed by atoms with Crippen molar-refractivity contribution < 1.29 is 14.3 Å². The van der Waals surface area contributed by atoms with E-state index in [1.54, 1.807) is 6.92 Å². The first-order chi connectivity index (χ1) is 9.70. The molecular weight excluding hydrogens is 252 g/mol. The van der Waals surface area contributed by atoms with Crippen molar-refractivity contribution in [1.29, 1.82) is 0 Å². The van der Waals surface area contributed by atoms with E-state index in [-0.39, 0.29) is 5.97 Å². The van der Waals surface area contributed by atoms with Gasteiger partial charge in [0, 0.05) is 5.56 Å². The van der Waals surface area contributed by atoms with E-state index in [2.05, 4.69) is 0 Å². The van der Waals surface area contributed by atoms with Gasteiger partial charge in [0.1, 0.15) is 5.75 Å². The zero-order valence-electron chi connectivity index (χ0n) is 11.7. The van der Waals surface area contributed by atoms with Crippen LogP contribution in [0.25, 0.3) is 0 Å². The zero-order valence-corrected chi connectivity index (χ0v) is 11.7. The van der Waals surface area contributed by atoms with Crippen LogP contribution in [0.1, 0.15) is 24.2 Å². The number of benzene rings is 2. The maximum absolute atomic E-state index is 12.1. The summed E-state index contributed by atoms with van der Waals surface area (Å²) in [6.07, 6.45) is -0.738. The number of aryl methyl sites for hydroxylation is 1. The first-order valence-corrected chi connectivity index (χ1v) is 6.65. The highest BCUT2D eigenvalue weighted by atomic mass is 16.6. The molecule has 0 aromatic heterocycles. The second-order valence-electron chi connectivity index (χ2n) is 4.48. The number of hydrogen-bond donors (Lipinski definition) is 0. The number of hydrogen-bond acceptors (Lipinski definition) is 3. The van der Waals surface area contributed by atoms with Gasteiger partial charge in [-0.15, -0.1) is 0 Å². The van der Waals surface area contributed by atoms with Gasteiger partial charge < -0.3 is 9.47 Å². The normalized spacial score (nSPS) is 11.7. The Labute approximate surface area is 119 Å². The Bertz CT molecular complexity index is 563. The van der Waals surface area contributed by atoms with Gasteiger partial charge >= 0.3 is 5.97 Å². The fraction of sp³-hybridized carbons (Fsp3) is 0.235. The van der Waals surface area contributed by atoms with Gasteiger partial charge in [0.25, 0.3) is 0 Å². The van der Waals surface area contributed by atoms with Crippen molar-refractivity contribution in [2.75, 3.05) is 6.61 Å². The Morgan fingerprint density at radius 2 is 1.85 bits per heavy atom. The molecule has 2 rings (SSSR count). The topological polar surface area (TPSA) is 35.5 Å².